The maximum Gasteiger partial charge on any atom is 0.259 e. The molecule has 170 valence electrons. The van der Waals surface area contributed by atoms with Crippen molar-refractivity contribution in [1.29, 1.82) is 10.8 Å². The first kappa shape index (κ1) is 20.3. The highest BCUT2D eigenvalue weighted by Gasteiger charge is 2.13. The molecule has 0 aliphatic carbocycles. The fourth-order valence-electron chi connectivity index (χ4n) is 3.99. The van der Waals surface area contributed by atoms with Gasteiger partial charge in [-0.1, -0.05) is 6.07 Å². The Morgan fingerprint density at radius 1 is 0.657 bits per heavy atom. The number of H-pyrrole nitrogens is 3. The number of imidazole rings is 2. The van der Waals surface area contributed by atoms with Crippen molar-refractivity contribution in [2.24, 2.45) is 11.5 Å². The lowest BCUT2D eigenvalue weighted by Gasteiger charge is -2.03. The van der Waals surface area contributed by atoms with Crippen LogP contribution in [0, 0.1) is 10.8 Å². The Balaban J connectivity index is 1.45. The first-order chi connectivity index (χ1) is 16.9. The van der Waals surface area contributed by atoms with Crippen molar-refractivity contribution in [2.75, 3.05) is 0 Å². The molecule has 0 saturated heterocycles. The van der Waals surface area contributed by atoms with Gasteiger partial charge in [0.1, 0.15) is 17.5 Å². The number of nitrogens with two attached hydrogens (primary N) is 2. The van der Waals surface area contributed by atoms with E-state index in [1.54, 1.807) is 48.5 Å². The van der Waals surface area contributed by atoms with Crippen LogP contribution in [-0.2, 0) is 0 Å². The second-order valence-corrected chi connectivity index (χ2v) is 8.11. The Morgan fingerprint density at radius 3 is 1.83 bits per heavy atom. The van der Waals surface area contributed by atoms with E-state index in [1.807, 2.05) is 6.07 Å². The molecular weight excluding hydrogens is 444 g/mol. The molecule has 35 heavy (non-hydrogen) atoms. The molecular formula is C24H18N10O. The molecule has 9 N–H and O–H groups in total. The molecule has 3 aromatic carbocycles. The Hall–Kier alpha value is -5.32. The zero-order valence-electron chi connectivity index (χ0n) is 18.1. The lowest BCUT2D eigenvalue weighted by Crippen LogP contribution is -2.10. The van der Waals surface area contributed by atoms with Crippen LogP contribution in [0.2, 0.25) is 0 Å². The van der Waals surface area contributed by atoms with E-state index in [2.05, 4.69) is 29.9 Å². The summed E-state index contributed by atoms with van der Waals surface area (Å²) in [6.45, 7) is 0. The molecule has 0 aliphatic heterocycles. The van der Waals surface area contributed by atoms with Gasteiger partial charge in [-0.2, -0.15) is 0 Å². The largest absolute Gasteiger partial charge is 0.384 e. The van der Waals surface area contributed by atoms with Gasteiger partial charge in [-0.05, 0) is 48.5 Å². The molecule has 3 heterocycles. The van der Waals surface area contributed by atoms with Gasteiger partial charge in [-0.15, -0.1) is 0 Å². The molecule has 0 spiro atoms. The second-order valence-electron chi connectivity index (χ2n) is 8.11. The highest BCUT2D eigenvalue weighted by atomic mass is 16.1. The van der Waals surface area contributed by atoms with Crippen molar-refractivity contribution in [3.8, 4) is 23.0 Å². The van der Waals surface area contributed by atoms with E-state index in [0.717, 1.165) is 16.6 Å². The predicted octanol–water partition coefficient (Wildman–Crippen LogP) is 2.58. The monoisotopic (exact) mass is 462 g/mol. The van der Waals surface area contributed by atoms with E-state index in [0.29, 0.717) is 44.7 Å². The van der Waals surface area contributed by atoms with Crippen LogP contribution in [0.1, 0.15) is 11.1 Å². The van der Waals surface area contributed by atoms with Crippen molar-refractivity contribution in [2.45, 2.75) is 0 Å². The molecule has 11 nitrogen and oxygen atoms in total. The molecule has 0 bridgehead atoms. The van der Waals surface area contributed by atoms with Gasteiger partial charge in [0.15, 0.2) is 11.6 Å². The average molecular weight is 462 g/mol. The highest BCUT2D eigenvalue weighted by molar-refractivity contribution is 5.99. The fourth-order valence-corrected chi connectivity index (χ4v) is 3.99. The molecule has 0 unspecified atom stereocenters. The number of amidine groups is 2. The van der Waals surface area contributed by atoms with Crippen molar-refractivity contribution in [3.05, 3.63) is 76.1 Å². The standard InChI is InChI=1S/C24H18N10O/c25-19(26)10-2-5-14-17(7-10)32-21(29-14)12-1-4-13-16(9-12)31-23(34-24(13)35)22-30-15-6-3-11(20(27)28)8-18(15)33-22/h1-9H,(H3,25,26)(H3,27,28)(H,29,32)(H,30,33)(H,31,34,35). The molecule has 0 atom stereocenters. The summed E-state index contributed by atoms with van der Waals surface area (Å²) in [5, 5.41) is 15.7. The molecule has 11 heteroatoms. The van der Waals surface area contributed by atoms with Crippen LogP contribution >= 0.6 is 0 Å². The molecule has 6 rings (SSSR count). The number of hydrogen-bond donors (Lipinski definition) is 7. The minimum atomic E-state index is -0.294. The van der Waals surface area contributed by atoms with Gasteiger partial charge >= 0.3 is 0 Å². The third-order valence-electron chi connectivity index (χ3n) is 5.79. The Bertz CT molecular complexity index is 1890. The highest BCUT2D eigenvalue weighted by Crippen LogP contribution is 2.25. The number of fused-ring (bicyclic) bond motifs is 3. The van der Waals surface area contributed by atoms with E-state index in [9.17, 15) is 4.79 Å². The van der Waals surface area contributed by atoms with Crippen molar-refractivity contribution >= 4 is 44.6 Å². The smallest absolute Gasteiger partial charge is 0.259 e. The topological polar surface area (TPSA) is 203 Å². The number of hydrogen-bond acceptors (Lipinski definition) is 6. The number of rotatable bonds is 4. The summed E-state index contributed by atoms with van der Waals surface area (Å²) >= 11 is 0. The van der Waals surface area contributed by atoms with Gasteiger partial charge in [-0.3, -0.25) is 15.6 Å². The Morgan fingerprint density at radius 2 is 1.20 bits per heavy atom. The quantitative estimate of drug-likeness (QED) is 0.155. The van der Waals surface area contributed by atoms with E-state index in [-0.39, 0.29) is 23.1 Å². The minimum Gasteiger partial charge on any atom is -0.384 e. The number of nitrogen functional groups attached to an aromatic ring is 2. The summed E-state index contributed by atoms with van der Waals surface area (Å²) in [5.74, 6) is 1.21. The average Bonchev–Trinajstić information content (AvgIpc) is 3.46. The normalized spacial score (nSPS) is 11.4. The van der Waals surface area contributed by atoms with Gasteiger partial charge in [-0.25, -0.2) is 15.0 Å². The summed E-state index contributed by atoms with van der Waals surface area (Å²) < 4.78 is 0. The first-order valence-corrected chi connectivity index (χ1v) is 10.6. The Labute approximate surface area is 196 Å². The molecule has 0 radical (unpaired) electrons. The molecule has 0 amide bonds. The van der Waals surface area contributed by atoms with Gasteiger partial charge in [0.2, 0.25) is 0 Å². The Kier molecular flexibility index (Phi) is 4.26. The maximum atomic E-state index is 12.8. The molecule has 6 aromatic rings. The van der Waals surface area contributed by atoms with Crippen LogP contribution in [0.3, 0.4) is 0 Å². The van der Waals surface area contributed by atoms with Gasteiger partial charge < -0.3 is 26.4 Å². The first-order valence-electron chi connectivity index (χ1n) is 10.6. The zero-order chi connectivity index (χ0) is 24.3. The van der Waals surface area contributed by atoms with E-state index >= 15 is 0 Å². The molecule has 0 fully saturated rings. The van der Waals surface area contributed by atoms with Crippen LogP contribution in [0.25, 0.3) is 56.0 Å². The van der Waals surface area contributed by atoms with Crippen molar-refractivity contribution in [3.63, 3.8) is 0 Å². The van der Waals surface area contributed by atoms with Crippen LogP contribution in [0.15, 0.2) is 59.4 Å². The van der Waals surface area contributed by atoms with Crippen molar-refractivity contribution in [1.82, 2.24) is 29.9 Å². The number of nitrogens with one attached hydrogen (secondary N) is 5. The maximum absolute atomic E-state index is 12.8. The number of aromatic amines is 3. The molecule has 3 aromatic heterocycles. The summed E-state index contributed by atoms with van der Waals surface area (Å²) in [7, 11) is 0. The summed E-state index contributed by atoms with van der Waals surface area (Å²) in [6.07, 6.45) is 0. The lowest BCUT2D eigenvalue weighted by atomic mass is 10.1. The van der Waals surface area contributed by atoms with Crippen LogP contribution in [0.5, 0.6) is 0 Å². The van der Waals surface area contributed by atoms with Crippen molar-refractivity contribution < 1.29 is 0 Å². The fraction of sp³-hybridized carbons (Fsp3) is 0. The lowest BCUT2D eigenvalue weighted by molar-refractivity contribution is 1.13. The number of aromatic nitrogens is 6. The predicted molar refractivity (Wildman–Crippen MR) is 135 cm³/mol. The minimum absolute atomic E-state index is 0.0267. The van der Waals surface area contributed by atoms with E-state index in [1.165, 1.54) is 0 Å². The summed E-state index contributed by atoms with van der Waals surface area (Å²) in [6, 6.07) is 15.8. The third kappa shape index (κ3) is 3.38. The SMILES string of the molecule is N=C(N)c1ccc2[nH]c(-c3ccc4c(=O)[nH]c(-c5nc6cc(C(=N)N)ccc6[nH]5)nc4c3)nc2c1. The van der Waals surface area contributed by atoms with Gasteiger partial charge in [0, 0.05) is 16.7 Å². The molecule has 0 aliphatic rings. The van der Waals surface area contributed by atoms with Crippen LogP contribution < -0.4 is 17.0 Å². The van der Waals surface area contributed by atoms with Crippen LogP contribution in [-0.4, -0.2) is 41.6 Å². The van der Waals surface area contributed by atoms with Gasteiger partial charge in [0.05, 0.1) is 33.0 Å². The van der Waals surface area contributed by atoms with E-state index in [4.69, 9.17) is 22.3 Å². The molecule has 0 saturated carbocycles. The zero-order valence-corrected chi connectivity index (χ0v) is 18.1. The van der Waals surface area contributed by atoms with E-state index < -0.39 is 0 Å². The number of nitrogens with zero attached hydrogens (tertiary/aromatic N) is 3. The van der Waals surface area contributed by atoms with Crippen LogP contribution in [0.4, 0.5) is 0 Å². The summed E-state index contributed by atoms with van der Waals surface area (Å²) in [5.41, 5.74) is 16.1. The third-order valence-corrected chi connectivity index (χ3v) is 5.79. The second kappa shape index (κ2) is 7.35. The number of benzene rings is 3. The summed E-state index contributed by atoms with van der Waals surface area (Å²) in [4.78, 5) is 35.7. The van der Waals surface area contributed by atoms with Gasteiger partial charge in [0.25, 0.3) is 5.56 Å².